The Hall–Kier alpha value is -1.46. The molecule has 94 valence electrons. The van der Waals surface area contributed by atoms with Crippen LogP contribution >= 0.6 is 23.4 Å². The summed E-state index contributed by atoms with van der Waals surface area (Å²) in [6.45, 7) is 0.351. The summed E-state index contributed by atoms with van der Waals surface area (Å²) in [6, 6.07) is 9.10. The molecule has 6 heteroatoms. The molecular weight excluding hydrogens is 270 g/mol. The predicted molar refractivity (Wildman–Crippen MR) is 74.0 cm³/mol. The zero-order valence-corrected chi connectivity index (χ0v) is 11.3. The Morgan fingerprint density at radius 2 is 2.11 bits per heavy atom. The largest absolute Gasteiger partial charge is 0.473 e. The van der Waals surface area contributed by atoms with Gasteiger partial charge in [0.15, 0.2) is 5.16 Å². The van der Waals surface area contributed by atoms with Crippen LogP contribution in [0, 0.1) is 0 Å². The first-order valence-corrected chi connectivity index (χ1v) is 6.84. The van der Waals surface area contributed by atoms with Gasteiger partial charge < -0.3 is 10.5 Å². The first-order valence-electron chi connectivity index (χ1n) is 5.24. The molecule has 2 N–H and O–H groups in total. The van der Waals surface area contributed by atoms with E-state index in [1.165, 1.54) is 11.8 Å². The van der Waals surface area contributed by atoms with Gasteiger partial charge in [-0.25, -0.2) is 4.98 Å². The van der Waals surface area contributed by atoms with Gasteiger partial charge in [0.2, 0.25) is 5.88 Å². The molecule has 0 aliphatic heterocycles. The quantitative estimate of drug-likeness (QED) is 0.689. The van der Waals surface area contributed by atoms with Crippen molar-refractivity contribution < 1.29 is 4.74 Å². The van der Waals surface area contributed by atoms with E-state index >= 15 is 0 Å². The van der Waals surface area contributed by atoms with Crippen molar-refractivity contribution in [3.05, 3.63) is 40.9 Å². The Morgan fingerprint density at radius 3 is 2.83 bits per heavy atom. The molecule has 2 aromatic rings. The summed E-state index contributed by atoms with van der Waals surface area (Å²) in [6.07, 6.45) is 1.88. The summed E-state index contributed by atoms with van der Waals surface area (Å²) in [5.41, 5.74) is 6.57. The summed E-state index contributed by atoms with van der Waals surface area (Å²) in [4.78, 5) is 8.25. The summed E-state index contributed by atoms with van der Waals surface area (Å²) in [5.74, 6) is 0.843. The van der Waals surface area contributed by atoms with E-state index < -0.39 is 0 Å². The van der Waals surface area contributed by atoms with Crippen LogP contribution in [0.5, 0.6) is 5.88 Å². The van der Waals surface area contributed by atoms with Gasteiger partial charge in [0.05, 0.1) is 0 Å². The van der Waals surface area contributed by atoms with E-state index in [0.29, 0.717) is 28.5 Å². The van der Waals surface area contributed by atoms with Gasteiger partial charge in [-0.3, -0.25) is 0 Å². The van der Waals surface area contributed by atoms with Crippen LogP contribution in [0.4, 0.5) is 5.82 Å². The number of nitrogens with two attached hydrogens (primary N) is 1. The van der Waals surface area contributed by atoms with Crippen LogP contribution < -0.4 is 10.5 Å². The van der Waals surface area contributed by atoms with Crippen LogP contribution in [0.25, 0.3) is 0 Å². The molecule has 0 unspecified atom stereocenters. The van der Waals surface area contributed by atoms with Gasteiger partial charge in [0.25, 0.3) is 0 Å². The van der Waals surface area contributed by atoms with Crippen molar-refractivity contribution in [2.24, 2.45) is 0 Å². The third kappa shape index (κ3) is 3.27. The summed E-state index contributed by atoms with van der Waals surface area (Å²) >= 11 is 7.45. The Kier molecular flexibility index (Phi) is 4.28. The number of rotatable bonds is 4. The van der Waals surface area contributed by atoms with E-state index in [0.717, 1.165) is 5.56 Å². The Bertz CT molecular complexity index is 551. The number of nitrogens with zero attached hydrogens (tertiary/aromatic N) is 2. The highest BCUT2D eigenvalue weighted by Gasteiger charge is 2.04. The summed E-state index contributed by atoms with van der Waals surface area (Å²) in [5, 5.41) is 1.26. The average Bonchev–Trinajstić information content (AvgIpc) is 2.37. The molecule has 0 atom stereocenters. The van der Waals surface area contributed by atoms with Crippen molar-refractivity contribution in [3.8, 4) is 5.88 Å². The minimum atomic E-state index is 0.351. The fraction of sp³-hybridized carbons (Fsp3) is 0.167. The molecular formula is C12H12ClN3OS. The molecule has 0 spiro atoms. The van der Waals surface area contributed by atoms with Crippen LogP contribution in [0.1, 0.15) is 5.56 Å². The third-order valence-corrected chi connectivity index (χ3v) is 3.13. The molecule has 1 aromatic heterocycles. The standard InChI is InChI=1S/C12H12ClN3OS/c1-18-12-15-10(14)6-11(16-12)17-7-8-4-2-3-5-9(8)13/h2-6H,7H2,1H3,(H2,14,15,16). The van der Waals surface area contributed by atoms with Crippen molar-refractivity contribution in [2.75, 3.05) is 12.0 Å². The lowest BCUT2D eigenvalue weighted by molar-refractivity contribution is 0.291. The molecule has 0 fully saturated rings. The van der Waals surface area contributed by atoms with E-state index in [2.05, 4.69) is 9.97 Å². The number of thioether (sulfide) groups is 1. The first kappa shape index (κ1) is 13.0. The second kappa shape index (κ2) is 5.93. The maximum absolute atomic E-state index is 6.04. The average molecular weight is 282 g/mol. The molecule has 2 rings (SSSR count). The van der Waals surface area contributed by atoms with Gasteiger partial charge in [-0.15, -0.1) is 0 Å². The van der Waals surface area contributed by atoms with Crippen LogP contribution in [0.2, 0.25) is 5.02 Å². The summed E-state index contributed by atoms with van der Waals surface area (Å²) in [7, 11) is 0. The molecule has 18 heavy (non-hydrogen) atoms. The molecule has 0 saturated heterocycles. The topological polar surface area (TPSA) is 61.0 Å². The maximum atomic E-state index is 6.04. The second-order valence-electron chi connectivity index (χ2n) is 3.50. The molecule has 0 saturated carbocycles. The number of nitrogen functional groups attached to an aromatic ring is 1. The molecule has 0 aliphatic rings. The number of anilines is 1. The van der Waals surface area contributed by atoms with Crippen LogP contribution in [0.3, 0.4) is 0 Å². The smallest absolute Gasteiger partial charge is 0.219 e. The van der Waals surface area contributed by atoms with E-state index in [1.54, 1.807) is 6.07 Å². The van der Waals surface area contributed by atoms with Crippen LogP contribution in [0.15, 0.2) is 35.5 Å². The predicted octanol–water partition coefficient (Wildman–Crippen LogP) is 3.01. The zero-order chi connectivity index (χ0) is 13.0. The molecule has 0 amide bonds. The number of hydrogen-bond donors (Lipinski definition) is 1. The maximum Gasteiger partial charge on any atom is 0.219 e. The summed E-state index contributed by atoms with van der Waals surface area (Å²) < 4.78 is 5.57. The lowest BCUT2D eigenvalue weighted by Crippen LogP contribution is -2.01. The third-order valence-electron chi connectivity index (χ3n) is 2.22. The van der Waals surface area contributed by atoms with Gasteiger partial charge in [-0.1, -0.05) is 41.6 Å². The van der Waals surface area contributed by atoms with Crippen LogP contribution in [-0.2, 0) is 6.61 Å². The lowest BCUT2D eigenvalue weighted by atomic mass is 10.2. The molecule has 0 radical (unpaired) electrons. The van der Waals surface area contributed by atoms with E-state index in [4.69, 9.17) is 22.1 Å². The van der Waals surface area contributed by atoms with Crippen molar-refractivity contribution in [1.82, 2.24) is 9.97 Å². The van der Waals surface area contributed by atoms with Crippen molar-refractivity contribution >= 4 is 29.2 Å². The van der Waals surface area contributed by atoms with Crippen LogP contribution in [-0.4, -0.2) is 16.2 Å². The number of ether oxygens (including phenoxy) is 1. The monoisotopic (exact) mass is 281 g/mol. The molecule has 4 nitrogen and oxygen atoms in total. The highest BCUT2D eigenvalue weighted by molar-refractivity contribution is 7.98. The number of halogens is 1. The van der Waals surface area contributed by atoms with Gasteiger partial charge in [0.1, 0.15) is 12.4 Å². The second-order valence-corrected chi connectivity index (χ2v) is 4.68. The van der Waals surface area contributed by atoms with Crippen molar-refractivity contribution in [2.45, 2.75) is 11.8 Å². The molecule has 1 aromatic carbocycles. The lowest BCUT2D eigenvalue weighted by Gasteiger charge is -2.08. The van der Waals surface area contributed by atoms with Gasteiger partial charge >= 0.3 is 0 Å². The van der Waals surface area contributed by atoms with Gasteiger partial charge in [-0.2, -0.15) is 4.98 Å². The Morgan fingerprint density at radius 1 is 1.33 bits per heavy atom. The SMILES string of the molecule is CSc1nc(N)cc(OCc2ccccc2Cl)n1. The molecule has 1 heterocycles. The highest BCUT2D eigenvalue weighted by Crippen LogP contribution is 2.20. The fourth-order valence-corrected chi connectivity index (χ4v) is 1.92. The van der Waals surface area contributed by atoms with Crippen molar-refractivity contribution in [1.29, 1.82) is 0 Å². The minimum absolute atomic E-state index is 0.351. The van der Waals surface area contributed by atoms with Gasteiger partial charge in [-0.05, 0) is 12.3 Å². The zero-order valence-electron chi connectivity index (χ0n) is 9.76. The van der Waals surface area contributed by atoms with Crippen molar-refractivity contribution in [3.63, 3.8) is 0 Å². The first-order chi connectivity index (χ1) is 8.69. The van der Waals surface area contributed by atoms with Gasteiger partial charge in [0, 0.05) is 16.7 Å². The number of benzene rings is 1. The number of hydrogen-bond acceptors (Lipinski definition) is 5. The van der Waals surface area contributed by atoms with E-state index in [1.807, 2.05) is 30.5 Å². The normalized spacial score (nSPS) is 10.3. The highest BCUT2D eigenvalue weighted by atomic mass is 35.5. The Balaban J connectivity index is 2.11. The van der Waals surface area contributed by atoms with E-state index in [-0.39, 0.29) is 0 Å². The number of aromatic nitrogens is 2. The fourth-order valence-electron chi connectivity index (χ4n) is 1.35. The van der Waals surface area contributed by atoms with E-state index in [9.17, 15) is 0 Å². The molecule has 0 aliphatic carbocycles. The Labute approximate surface area is 115 Å². The minimum Gasteiger partial charge on any atom is -0.473 e. The molecule has 0 bridgehead atoms.